The van der Waals surface area contributed by atoms with Crippen molar-refractivity contribution in [2.45, 2.75) is 6.92 Å². The van der Waals surface area contributed by atoms with E-state index in [0.717, 1.165) is 0 Å². The second kappa shape index (κ2) is 4.00. The van der Waals surface area contributed by atoms with Crippen LogP contribution in [0.25, 0.3) is 11.2 Å². The van der Waals surface area contributed by atoms with Crippen molar-refractivity contribution in [2.75, 3.05) is 6.61 Å². The topological polar surface area (TPSA) is 64.9 Å². The van der Waals surface area contributed by atoms with Crippen LogP contribution in [0.5, 0.6) is 0 Å². The Morgan fingerprint density at radius 1 is 1.33 bits per heavy atom. The minimum absolute atomic E-state index is 0.102. The molecule has 0 radical (unpaired) electrons. The van der Waals surface area contributed by atoms with Crippen LogP contribution in [0.4, 0.5) is 4.79 Å². The van der Waals surface area contributed by atoms with Gasteiger partial charge in [0.15, 0.2) is 11.2 Å². The molecule has 2 aromatic rings. The lowest BCUT2D eigenvalue weighted by atomic mass is 10.3. The van der Waals surface area contributed by atoms with Crippen LogP contribution in [0.2, 0.25) is 0 Å². The molecule has 1 aromatic carbocycles. The Balaban J connectivity index is 2.40. The van der Waals surface area contributed by atoms with Crippen molar-refractivity contribution in [1.29, 1.82) is 0 Å². The predicted octanol–water partition coefficient (Wildman–Crippen LogP) is 2.08. The molecule has 0 aliphatic heterocycles. The molecule has 0 aliphatic carbocycles. The summed E-state index contributed by atoms with van der Waals surface area (Å²) in [7, 11) is 0. The highest BCUT2D eigenvalue weighted by Crippen LogP contribution is 2.10. The van der Waals surface area contributed by atoms with Crippen molar-refractivity contribution in [1.82, 2.24) is 0 Å². The minimum Gasteiger partial charge on any atom is -0.448 e. The third kappa shape index (κ3) is 2.07. The zero-order chi connectivity index (χ0) is 10.7. The van der Waals surface area contributed by atoms with Crippen LogP contribution in [0.3, 0.4) is 0 Å². The Hall–Kier alpha value is -2.04. The first kappa shape index (κ1) is 9.51. The number of hydrogen-bond donors (Lipinski definition) is 0. The Labute approximate surface area is 85.0 Å². The van der Waals surface area contributed by atoms with E-state index >= 15 is 0 Å². The number of ether oxygens (including phenoxy) is 1. The summed E-state index contributed by atoms with van der Waals surface area (Å²) in [5.41, 5.74) is 1.08. The Bertz CT molecular complexity index is 501. The summed E-state index contributed by atoms with van der Waals surface area (Å²) in [6, 6.07) is 7.05. The molecule has 0 N–H and O–H groups in total. The van der Waals surface area contributed by atoms with Gasteiger partial charge in [0.1, 0.15) is 0 Å². The van der Waals surface area contributed by atoms with Gasteiger partial charge >= 0.3 is 11.8 Å². The third-order valence-corrected chi connectivity index (χ3v) is 1.69. The van der Waals surface area contributed by atoms with Crippen molar-refractivity contribution < 1.29 is 18.4 Å². The van der Waals surface area contributed by atoms with E-state index in [1.54, 1.807) is 31.2 Å². The highest BCUT2D eigenvalue weighted by Gasteiger charge is 2.03. The quantitative estimate of drug-likeness (QED) is 0.718. The number of carbonyl (C=O) groups is 1. The molecule has 0 aliphatic rings. The number of hydrogen-bond acceptors (Lipinski definition) is 4. The number of fused-ring (bicyclic) bond motifs is 1. The Kier molecular flexibility index (Phi) is 2.53. The van der Waals surface area contributed by atoms with Crippen molar-refractivity contribution in [2.24, 2.45) is 4.99 Å². The monoisotopic (exact) mass is 207 g/mol. The van der Waals surface area contributed by atoms with E-state index in [0.29, 0.717) is 11.2 Å². The van der Waals surface area contributed by atoms with Gasteiger partial charge in [0.05, 0.1) is 6.61 Å². The van der Waals surface area contributed by atoms with Crippen molar-refractivity contribution >= 4 is 17.3 Å². The number of rotatable bonds is 1. The fourth-order valence-corrected chi connectivity index (χ4v) is 1.10. The zero-order valence-electron chi connectivity index (χ0n) is 8.10. The zero-order valence-corrected chi connectivity index (χ0v) is 8.10. The van der Waals surface area contributed by atoms with Crippen molar-refractivity contribution in [3.8, 4) is 0 Å². The molecule has 0 bridgehead atoms. The van der Waals surface area contributed by atoms with E-state index in [2.05, 4.69) is 9.73 Å². The summed E-state index contributed by atoms with van der Waals surface area (Å²) >= 11 is 0. The smallest absolute Gasteiger partial charge is 0.439 e. The molecule has 1 aromatic heterocycles. The average Bonchev–Trinajstić information content (AvgIpc) is 2.59. The molecule has 1 amide bonds. The van der Waals surface area contributed by atoms with Crippen LogP contribution in [0.15, 0.2) is 38.1 Å². The molecule has 78 valence electrons. The van der Waals surface area contributed by atoms with E-state index in [4.69, 9.17) is 8.83 Å². The second-order valence-corrected chi connectivity index (χ2v) is 2.73. The molecule has 5 heteroatoms. The highest BCUT2D eigenvalue weighted by atomic mass is 16.6. The van der Waals surface area contributed by atoms with Gasteiger partial charge in [-0.25, -0.2) is 4.79 Å². The third-order valence-electron chi connectivity index (χ3n) is 1.69. The fraction of sp³-hybridized carbons (Fsp3) is 0.200. The molecule has 0 saturated heterocycles. The number of benzene rings is 1. The highest BCUT2D eigenvalue weighted by molar-refractivity contribution is 5.70. The molecule has 2 rings (SSSR count). The van der Waals surface area contributed by atoms with Gasteiger partial charge in [-0.15, -0.1) is 4.99 Å². The van der Waals surface area contributed by atoms with Crippen molar-refractivity contribution in [3.63, 3.8) is 0 Å². The minimum atomic E-state index is -0.722. The summed E-state index contributed by atoms with van der Waals surface area (Å²) in [5, 5.41) is 0. The number of amides is 1. The van der Waals surface area contributed by atoms with Crippen LogP contribution >= 0.6 is 0 Å². The largest absolute Gasteiger partial charge is 0.448 e. The van der Waals surface area contributed by atoms with Gasteiger partial charge < -0.3 is 13.6 Å². The predicted molar refractivity (Wildman–Crippen MR) is 51.1 cm³/mol. The van der Waals surface area contributed by atoms with E-state index < -0.39 is 6.09 Å². The molecule has 15 heavy (non-hydrogen) atoms. The summed E-state index contributed by atoms with van der Waals surface area (Å²) in [6.45, 7) is 1.96. The maximum atomic E-state index is 11.0. The van der Waals surface area contributed by atoms with E-state index in [9.17, 15) is 4.79 Å². The number of para-hydroxylation sites is 2. The lowest BCUT2D eigenvalue weighted by Crippen LogP contribution is -2.04. The van der Waals surface area contributed by atoms with Crippen LogP contribution in [-0.4, -0.2) is 12.7 Å². The fourth-order valence-electron chi connectivity index (χ4n) is 1.10. The summed E-state index contributed by atoms with van der Waals surface area (Å²) in [4.78, 5) is 14.5. The maximum Gasteiger partial charge on any atom is 0.439 e. The normalized spacial score (nSPS) is 10.2. The molecule has 5 nitrogen and oxygen atoms in total. The van der Waals surface area contributed by atoms with Crippen LogP contribution in [0.1, 0.15) is 6.92 Å². The number of nitrogens with zero attached hydrogens (tertiary/aromatic N) is 1. The second-order valence-electron chi connectivity index (χ2n) is 2.73. The summed E-state index contributed by atoms with van der Waals surface area (Å²) < 4.78 is 14.9. The summed E-state index contributed by atoms with van der Waals surface area (Å²) in [6.07, 6.45) is -0.722. The molecule has 0 unspecified atom stereocenters. The molecular formula is C10H9NO4. The van der Waals surface area contributed by atoms with Gasteiger partial charge in [0.25, 0.3) is 0 Å². The molecule has 0 spiro atoms. The SMILES string of the molecule is CCOC(=O)N=c1oc2ccccc2o1. The first-order valence-corrected chi connectivity index (χ1v) is 4.50. The van der Waals surface area contributed by atoms with Gasteiger partial charge in [0.2, 0.25) is 0 Å². The van der Waals surface area contributed by atoms with Gasteiger partial charge in [0, 0.05) is 0 Å². The lowest BCUT2D eigenvalue weighted by molar-refractivity contribution is 0.160. The van der Waals surface area contributed by atoms with Crippen LogP contribution in [0, 0.1) is 0 Å². The van der Waals surface area contributed by atoms with Crippen LogP contribution in [-0.2, 0) is 4.74 Å². The van der Waals surface area contributed by atoms with E-state index in [1.807, 2.05) is 0 Å². The number of carbonyl (C=O) groups excluding carboxylic acids is 1. The summed E-state index contributed by atoms with van der Waals surface area (Å²) in [5.74, 6) is -0.102. The molecule has 0 atom stereocenters. The van der Waals surface area contributed by atoms with E-state index in [-0.39, 0.29) is 12.4 Å². The molecule has 0 saturated carbocycles. The first-order valence-electron chi connectivity index (χ1n) is 4.50. The first-order chi connectivity index (χ1) is 7.29. The standard InChI is InChI=1S/C10H9NO4/c1-2-13-9(12)11-10-14-7-5-3-4-6-8(7)15-10/h3-6H,2H2,1H3. The average molecular weight is 207 g/mol. The molecule has 1 heterocycles. The Morgan fingerprint density at radius 3 is 2.47 bits per heavy atom. The van der Waals surface area contributed by atoms with Gasteiger partial charge in [-0.3, -0.25) is 0 Å². The molecule has 0 fully saturated rings. The lowest BCUT2D eigenvalue weighted by Gasteiger charge is -1.90. The van der Waals surface area contributed by atoms with Gasteiger partial charge in [-0.05, 0) is 19.1 Å². The van der Waals surface area contributed by atoms with E-state index in [1.165, 1.54) is 0 Å². The molecular weight excluding hydrogens is 198 g/mol. The van der Waals surface area contributed by atoms with Crippen molar-refractivity contribution in [3.05, 3.63) is 30.0 Å². The Morgan fingerprint density at radius 2 is 1.93 bits per heavy atom. The van der Waals surface area contributed by atoms with Crippen LogP contribution < -0.4 is 5.75 Å². The van der Waals surface area contributed by atoms with Gasteiger partial charge in [-0.2, -0.15) is 0 Å². The maximum absolute atomic E-state index is 11.0. The van der Waals surface area contributed by atoms with Gasteiger partial charge in [-0.1, -0.05) is 12.1 Å².